The van der Waals surface area contributed by atoms with Crippen molar-refractivity contribution >= 4 is 23.2 Å². The van der Waals surface area contributed by atoms with E-state index in [0.29, 0.717) is 12.5 Å². The quantitative estimate of drug-likeness (QED) is 0.275. The molecule has 0 bridgehead atoms. The van der Waals surface area contributed by atoms with Crippen LogP contribution in [-0.2, 0) is 0 Å². The van der Waals surface area contributed by atoms with Crippen molar-refractivity contribution in [3.05, 3.63) is 94.4 Å². The zero-order valence-electron chi connectivity index (χ0n) is 23.8. The van der Waals surface area contributed by atoms with Gasteiger partial charge in [-0.3, -0.25) is 9.59 Å². The van der Waals surface area contributed by atoms with E-state index in [2.05, 4.69) is 54.8 Å². The number of benzene rings is 2. The minimum Gasteiger partial charge on any atom is -0.335 e. The lowest BCUT2D eigenvalue weighted by Crippen LogP contribution is -2.52. The van der Waals surface area contributed by atoms with Gasteiger partial charge >= 0.3 is 0 Å². The van der Waals surface area contributed by atoms with Gasteiger partial charge in [0, 0.05) is 23.0 Å². The Morgan fingerprint density at radius 3 is 2.48 bits per heavy atom. The summed E-state index contributed by atoms with van der Waals surface area (Å²) in [5, 5.41) is 0. The average molecular weight is 553 g/mol. The van der Waals surface area contributed by atoms with E-state index in [9.17, 15) is 9.59 Å². The molecule has 1 saturated heterocycles. The van der Waals surface area contributed by atoms with Crippen molar-refractivity contribution in [3.63, 3.8) is 0 Å². The van der Waals surface area contributed by atoms with Crippen LogP contribution in [0.25, 0.3) is 10.4 Å². The lowest BCUT2D eigenvalue weighted by Gasteiger charge is -2.46. The second kappa shape index (κ2) is 11.4. The van der Waals surface area contributed by atoms with Crippen LogP contribution in [0.4, 0.5) is 0 Å². The molecule has 0 N–H and O–H groups in total. The summed E-state index contributed by atoms with van der Waals surface area (Å²) < 4.78 is 0. The maximum atomic E-state index is 14.1. The summed E-state index contributed by atoms with van der Waals surface area (Å²) in [4.78, 5) is 33.4. The van der Waals surface area contributed by atoms with Gasteiger partial charge in [-0.1, -0.05) is 80.8 Å². The Morgan fingerprint density at radius 1 is 1.00 bits per heavy atom. The fourth-order valence-electron chi connectivity index (χ4n) is 7.23. The molecule has 208 valence electrons. The fourth-order valence-corrected chi connectivity index (χ4v) is 8.19. The number of thiophene rings is 1. The molecule has 1 saturated carbocycles. The minimum absolute atomic E-state index is 0.0159. The number of hydrogen-bond donors (Lipinski definition) is 0. The molecule has 6 rings (SSSR count). The second-order valence-corrected chi connectivity index (χ2v) is 13.0. The lowest BCUT2D eigenvalue weighted by atomic mass is 9.84. The van der Waals surface area contributed by atoms with Crippen molar-refractivity contribution in [1.82, 2.24) is 9.80 Å². The van der Waals surface area contributed by atoms with Crippen LogP contribution >= 0.6 is 11.3 Å². The topological polar surface area (TPSA) is 40.6 Å². The normalized spacial score (nSPS) is 22.6. The van der Waals surface area contributed by atoms with Crippen molar-refractivity contribution in [2.75, 3.05) is 6.54 Å². The Labute approximate surface area is 242 Å². The summed E-state index contributed by atoms with van der Waals surface area (Å²) in [6, 6.07) is 21.1. The molecular formula is C35H40N2O2S. The molecule has 3 aromatic rings. The minimum atomic E-state index is -0.0719. The smallest absolute Gasteiger partial charge is 0.264 e. The van der Waals surface area contributed by atoms with E-state index in [-0.39, 0.29) is 29.9 Å². The molecule has 3 atom stereocenters. The van der Waals surface area contributed by atoms with Crippen LogP contribution in [0.1, 0.15) is 108 Å². The van der Waals surface area contributed by atoms with Gasteiger partial charge in [0.2, 0.25) is 0 Å². The molecule has 2 aromatic carbocycles. The highest BCUT2D eigenvalue weighted by Gasteiger charge is 2.47. The highest BCUT2D eigenvalue weighted by molar-refractivity contribution is 7.17. The third-order valence-corrected chi connectivity index (χ3v) is 10.4. The van der Waals surface area contributed by atoms with E-state index >= 15 is 0 Å². The molecule has 2 aliphatic heterocycles. The number of fused-ring (bicyclic) bond motifs is 3. The third kappa shape index (κ3) is 4.94. The van der Waals surface area contributed by atoms with Crippen molar-refractivity contribution in [3.8, 4) is 10.4 Å². The predicted molar refractivity (Wildman–Crippen MR) is 164 cm³/mol. The van der Waals surface area contributed by atoms with Gasteiger partial charge in [0.25, 0.3) is 11.8 Å². The van der Waals surface area contributed by atoms with Crippen LogP contribution in [0.3, 0.4) is 0 Å². The van der Waals surface area contributed by atoms with Crippen LogP contribution in [0, 0.1) is 0 Å². The van der Waals surface area contributed by atoms with E-state index in [1.54, 1.807) is 11.3 Å². The highest BCUT2D eigenvalue weighted by Crippen LogP contribution is 2.45. The van der Waals surface area contributed by atoms with Gasteiger partial charge in [-0.25, -0.2) is 0 Å². The fraction of sp³-hybridized carbons (Fsp3) is 0.429. The predicted octanol–water partition coefficient (Wildman–Crippen LogP) is 8.62. The third-order valence-electron chi connectivity index (χ3n) is 9.27. The van der Waals surface area contributed by atoms with Crippen LogP contribution in [0.2, 0.25) is 0 Å². The summed E-state index contributed by atoms with van der Waals surface area (Å²) >= 11 is 1.60. The summed E-state index contributed by atoms with van der Waals surface area (Å²) in [5.74, 6) is 0.897. The molecule has 1 aliphatic carbocycles. The zero-order chi connectivity index (χ0) is 27.8. The van der Waals surface area contributed by atoms with Crippen molar-refractivity contribution < 1.29 is 9.59 Å². The highest BCUT2D eigenvalue weighted by atomic mass is 32.1. The molecule has 2 amide bonds. The van der Waals surface area contributed by atoms with Crippen LogP contribution in [-0.4, -0.2) is 40.2 Å². The standard InChI is InChI=1S/C35H40N2O2S/c1-4-20-36(27-21-30(23(2)3)37-31(22-27)28-12-8-9-13-29(28)34(37)38)35(39)33-19-18-32(40-33)26-16-14-25(15-17-26)24-10-6-5-7-11-24/h8-9,12-19,24,27,30-31H,2,4-7,10-11,20-22H2,1,3H3/t27?,30-,31-/m0/s1. The molecule has 0 spiro atoms. The van der Waals surface area contributed by atoms with Crippen LogP contribution in [0.15, 0.2) is 72.8 Å². The zero-order valence-corrected chi connectivity index (χ0v) is 24.6. The number of nitrogens with zero attached hydrogens (tertiary/aromatic N) is 2. The molecule has 3 aliphatic rings. The van der Waals surface area contributed by atoms with Gasteiger partial charge in [0.05, 0.1) is 17.0 Å². The van der Waals surface area contributed by atoms with Crippen molar-refractivity contribution in [2.45, 2.75) is 89.3 Å². The maximum absolute atomic E-state index is 14.1. The summed E-state index contributed by atoms with van der Waals surface area (Å²) in [6.07, 6.45) is 9.04. The van der Waals surface area contributed by atoms with Gasteiger partial charge in [-0.05, 0) is 79.8 Å². The first-order valence-electron chi connectivity index (χ1n) is 15.0. The first-order chi connectivity index (χ1) is 19.5. The van der Waals surface area contributed by atoms with E-state index in [0.717, 1.165) is 45.7 Å². The van der Waals surface area contributed by atoms with E-state index in [1.807, 2.05) is 36.1 Å². The van der Waals surface area contributed by atoms with Gasteiger partial charge in [-0.2, -0.15) is 0 Å². The number of piperidine rings is 1. The Balaban J connectivity index is 1.23. The molecule has 1 aromatic heterocycles. The summed E-state index contributed by atoms with van der Waals surface area (Å²) in [7, 11) is 0. The number of carbonyl (C=O) groups excluding carboxylic acids is 2. The number of hydrogen-bond acceptors (Lipinski definition) is 3. The first-order valence-corrected chi connectivity index (χ1v) is 15.9. The Morgan fingerprint density at radius 2 is 1.75 bits per heavy atom. The van der Waals surface area contributed by atoms with Crippen LogP contribution in [0.5, 0.6) is 0 Å². The van der Waals surface area contributed by atoms with Gasteiger partial charge in [0.15, 0.2) is 0 Å². The van der Waals surface area contributed by atoms with E-state index in [1.165, 1.54) is 43.2 Å². The molecular weight excluding hydrogens is 512 g/mol. The monoisotopic (exact) mass is 552 g/mol. The first kappa shape index (κ1) is 27.0. The largest absolute Gasteiger partial charge is 0.335 e. The van der Waals surface area contributed by atoms with Crippen LogP contribution < -0.4 is 0 Å². The van der Waals surface area contributed by atoms with E-state index < -0.39 is 0 Å². The Kier molecular flexibility index (Phi) is 7.67. The lowest BCUT2D eigenvalue weighted by molar-refractivity contribution is 0.0309. The SMILES string of the molecule is C=C(C)[C@@H]1CC(N(CCC)C(=O)c2ccc(-c3ccc(C4CCCCC4)cc3)s2)C[C@H]2c3ccccc3C(=O)N12. The molecule has 5 heteroatoms. The Hall–Kier alpha value is -3.18. The maximum Gasteiger partial charge on any atom is 0.264 e. The number of carbonyl (C=O) groups is 2. The Bertz CT molecular complexity index is 1400. The van der Waals surface area contributed by atoms with E-state index in [4.69, 9.17) is 0 Å². The number of amides is 2. The molecule has 0 radical (unpaired) electrons. The van der Waals surface area contributed by atoms with Crippen molar-refractivity contribution in [1.29, 1.82) is 0 Å². The summed E-state index contributed by atoms with van der Waals surface area (Å²) in [5.41, 5.74) is 5.50. The molecule has 1 unspecified atom stereocenters. The van der Waals surface area contributed by atoms with Gasteiger partial charge in [-0.15, -0.1) is 11.3 Å². The molecule has 4 nitrogen and oxygen atoms in total. The molecule has 40 heavy (non-hydrogen) atoms. The second-order valence-electron chi connectivity index (χ2n) is 11.9. The average Bonchev–Trinajstić information content (AvgIpc) is 3.60. The molecule has 2 fully saturated rings. The molecule has 3 heterocycles. The van der Waals surface area contributed by atoms with Gasteiger partial charge < -0.3 is 9.80 Å². The summed E-state index contributed by atoms with van der Waals surface area (Å²) in [6.45, 7) is 9.11. The van der Waals surface area contributed by atoms with Crippen molar-refractivity contribution in [2.24, 2.45) is 0 Å². The number of rotatable bonds is 7. The van der Waals surface area contributed by atoms with Gasteiger partial charge in [0.1, 0.15) is 0 Å².